The second-order valence-corrected chi connectivity index (χ2v) is 9.61. The minimum atomic E-state index is -0.707. The quantitative estimate of drug-likeness (QED) is 0.684. The van der Waals surface area contributed by atoms with Gasteiger partial charge in [0, 0.05) is 5.41 Å². The second kappa shape index (κ2) is 5.57. The molecule has 3 N–H and O–H groups in total. The minimum Gasteiger partial charge on any atom is -0.394 e. The average molecular weight is 322 g/mol. The first-order chi connectivity index (χ1) is 10.6. The Morgan fingerprint density at radius 2 is 1.87 bits per heavy atom. The first-order valence-corrected chi connectivity index (χ1v) is 9.33. The number of aliphatic hydroxyl groups is 3. The molecular weight excluding hydrogens is 288 g/mol. The summed E-state index contributed by atoms with van der Waals surface area (Å²) in [5.41, 5.74) is 1.34. The van der Waals surface area contributed by atoms with Crippen molar-refractivity contribution in [1.29, 1.82) is 0 Å². The van der Waals surface area contributed by atoms with E-state index in [2.05, 4.69) is 26.8 Å². The highest BCUT2D eigenvalue weighted by Gasteiger charge is 2.58. The van der Waals surface area contributed by atoms with Gasteiger partial charge in [0.2, 0.25) is 0 Å². The van der Waals surface area contributed by atoms with Crippen LogP contribution in [0.25, 0.3) is 0 Å². The predicted molar refractivity (Wildman–Crippen MR) is 91.9 cm³/mol. The summed E-state index contributed by atoms with van der Waals surface area (Å²) >= 11 is 0. The standard InChI is InChI=1S/C20H34O3/c1-18(2)7-5-8-20(4)14-6-9-19(3,16(23)12-21)11-13(14)10-15(22)17(18)20/h11,14-17,21-23H,5-10,12H2,1-4H3. The van der Waals surface area contributed by atoms with Crippen molar-refractivity contribution >= 4 is 0 Å². The van der Waals surface area contributed by atoms with Crippen molar-refractivity contribution in [3.05, 3.63) is 11.6 Å². The lowest BCUT2D eigenvalue weighted by atomic mass is 9.44. The van der Waals surface area contributed by atoms with Crippen LogP contribution in [0.15, 0.2) is 11.6 Å². The predicted octanol–water partition coefficient (Wildman–Crippen LogP) is 3.28. The third-order valence-electron chi connectivity index (χ3n) is 7.58. The summed E-state index contributed by atoms with van der Waals surface area (Å²) in [6, 6.07) is 0. The molecule has 0 aromatic carbocycles. The molecule has 0 aliphatic heterocycles. The van der Waals surface area contributed by atoms with Gasteiger partial charge in [-0.05, 0) is 54.8 Å². The molecule has 0 aromatic rings. The molecule has 0 aromatic heterocycles. The van der Waals surface area contributed by atoms with Crippen LogP contribution in [0.2, 0.25) is 0 Å². The Morgan fingerprint density at radius 3 is 2.52 bits per heavy atom. The van der Waals surface area contributed by atoms with E-state index in [0.717, 1.165) is 19.3 Å². The van der Waals surface area contributed by atoms with Crippen LogP contribution in [0.5, 0.6) is 0 Å². The fourth-order valence-electron chi connectivity index (χ4n) is 6.50. The lowest BCUT2D eigenvalue weighted by Gasteiger charge is -2.61. The molecular formula is C20H34O3. The lowest BCUT2D eigenvalue weighted by molar-refractivity contribution is -0.127. The Hall–Kier alpha value is -0.380. The first kappa shape index (κ1) is 17.4. The zero-order chi connectivity index (χ0) is 17.0. The molecule has 132 valence electrons. The highest BCUT2D eigenvalue weighted by molar-refractivity contribution is 5.26. The fraction of sp³-hybridized carbons (Fsp3) is 0.900. The molecule has 0 bridgehead atoms. The number of hydrogen-bond acceptors (Lipinski definition) is 3. The zero-order valence-corrected chi connectivity index (χ0v) is 15.2. The third kappa shape index (κ3) is 2.60. The van der Waals surface area contributed by atoms with Crippen LogP contribution in [-0.4, -0.2) is 34.1 Å². The van der Waals surface area contributed by atoms with Crippen molar-refractivity contribution in [2.45, 2.75) is 78.4 Å². The summed E-state index contributed by atoms with van der Waals surface area (Å²) in [6.07, 6.45) is 7.57. The summed E-state index contributed by atoms with van der Waals surface area (Å²) in [4.78, 5) is 0. The van der Waals surface area contributed by atoms with Gasteiger partial charge < -0.3 is 15.3 Å². The normalized spacial score (nSPS) is 47.3. The van der Waals surface area contributed by atoms with Crippen molar-refractivity contribution < 1.29 is 15.3 Å². The summed E-state index contributed by atoms with van der Waals surface area (Å²) in [5.74, 6) is 0.882. The Balaban J connectivity index is 1.98. The van der Waals surface area contributed by atoms with Crippen LogP contribution >= 0.6 is 0 Å². The van der Waals surface area contributed by atoms with Crippen LogP contribution in [-0.2, 0) is 0 Å². The number of aliphatic hydroxyl groups excluding tert-OH is 3. The maximum absolute atomic E-state index is 11.0. The Morgan fingerprint density at radius 1 is 1.17 bits per heavy atom. The minimum absolute atomic E-state index is 0.163. The highest BCUT2D eigenvalue weighted by Crippen LogP contribution is 2.63. The zero-order valence-electron chi connectivity index (χ0n) is 15.2. The van der Waals surface area contributed by atoms with Gasteiger partial charge in [0.15, 0.2) is 0 Å². The maximum Gasteiger partial charge on any atom is 0.0858 e. The van der Waals surface area contributed by atoms with Crippen LogP contribution < -0.4 is 0 Å². The van der Waals surface area contributed by atoms with E-state index in [4.69, 9.17) is 0 Å². The molecule has 0 saturated heterocycles. The molecule has 6 atom stereocenters. The average Bonchev–Trinajstić information content (AvgIpc) is 2.44. The molecule has 3 heteroatoms. The van der Waals surface area contributed by atoms with Gasteiger partial charge in [-0.3, -0.25) is 0 Å². The van der Waals surface area contributed by atoms with Gasteiger partial charge in [-0.15, -0.1) is 0 Å². The van der Waals surface area contributed by atoms with E-state index >= 15 is 0 Å². The van der Waals surface area contributed by atoms with Gasteiger partial charge >= 0.3 is 0 Å². The van der Waals surface area contributed by atoms with Gasteiger partial charge in [-0.2, -0.15) is 0 Å². The smallest absolute Gasteiger partial charge is 0.0858 e. The molecule has 6 unspecified atom stereocenters. The maximum atomic E-state index is 11.0. The van der Waals surface area contributed by atoms with Crippen LogP contribution in [0.4, 0.5) is 0 Å². The van der Waals surface area contributed by atoms with Gasteiger partial charge in [0.1, 0.15) is 0 Å². The molecule has 2 fully saturated rings. The number of rotatable bonds is 2. The molecule has 0 spiro atoms. The monoisotopic (exact) mass is 322 g/mol. The van der Waals surface area contributed by atoms with Crippen molar-refractivity contribution in [2.24, 2.45) is 28.1 Å². The molecule has 0 radical (unpaired) electrons. The topological polar surface area (TPSA) is 60.7 Å². The summed E-state index contributed by atoms with van der Waals surface area (Å²) < 4.78 is 0. The van der Waals surface area contributed by atoms with E-state index in [1.807, 2.05) is 6.92 Å². The lowest BCUT2D eigenvalue weighted by Crippen LogP contribution is -2.56. The molecule has 3 rings (SSSR count). The number of fused-ring (bicyclic) bond motifs is 3. The molecule has 3 aliphatic carbocycles. The Labute approximate surface area is 140 Å². The summed E-state index contributed by atoms with van der Waals surface area (Å²) in [6.45, 7) is 8.90. The molecule has 23 heavy (non-hydrogen) atoms. The van der Waals surface area contributed by atoms with Crippen LogP contribution in [0, 0.1) is 28.1 Å². The molecule has 3 aliphatic rings. The second-order valence-electron chi connectivity index (χ2n) is 9.61. The van der Waals surface area contributed by atoms with Crippen molar-refractivity contribution in [2.75, 3.05) is 6.61 Å². The van der Waals surface area contributed by atoms with Crippen LogP contribution in [0.3, 0.4) is 0 Å². The van der Waals surface area contributed by atoms with E-state index in [0.29, 0.717) is 11.8 Å². The SMILES string of the molecule is CC1(C)CCCC2(C)C3CCC(C)(C(O)CO)C=C3CC(O)C12. The molecule has 3 nitrogen and oxygen atoms in total. The number of hydrogen-bond donors (Lipinski definition) is 3. The van der Waals surface area contributed by atoms with E-state index in [1.54, 1.807) is 0 Å². The summed E-state index contributed by atoms with van der Waals surface area (Å²) in [7, 11) is 0. The largest absolute Gasteiger partial charge is 0.394 e. The van der Waals surface area contributed by atoms with Gasteiger partial charge in [-0.1, -0.05) is 45.8 Å². The van der Waals surface area contributed by atoms with Crippen molar-refractivity contribution in [3.8, 4) is 0 Å². The highest BCUT2D eigenvalue weighted by atomic mass is 16.3. The molecule has 0 heterocycles. The molecule has 2 saturated carbocycles. The first-order valence-electron chi connectivity index (χ1n) is 9.33. The van der Waals surface area contributed by atoms with Crippen LogP contribution in [0.1, 0.15) is 66.2 Å². The van der Waals surface area contributed by atoms with E-state index in [-0.39, 0.29) is 29.0 Å². The van der Waals surface area contributed by atoms with E-state index < -0.39 is 6.10 Å². The fourth-order valence-corrected chi connectivity index (χ4v) is 6.50. The van der Waals surface area contributed by atoms with Gasteiger partial charge in [0.05, 0.1) is 18.8 Å². The Kier molecular flexibility index (Phi) is 4.23. The van der Waals surface area contributed by atoms with Crippen molar-refractivity contribution in [3.63, 3.8) is 0 Å². The molecule has 0 amide bonds. The van der Waals surface area contributed by atoms with Gasteiger partial charge in [0.25, 0.3) is 0 Å². The van der Waals surface area contributed by atoms with Crippen molar-refractivity contribution in [1.82, 2.24) is 0 Å². The summed E-state index contributed by atoms with van der Waals surface area (Å²) in [5, 5.41) is 30.6. The van der Waals surface area contributed by atoms with E-state index in [9.17, 15) is 15.3 Å². The van der Waals surface area contributed by atoms with E-state index in [1.165, 1.54) is 24.8 Å². The third-order valence-corrected chi connectivity index (χ3v) is 7.58. The van der Waals surface area contributed by atoms with Gasteiger partial charge in [-0.25, -0.2) is 0 Å². The Bertz CT molecular complexity index is 497.